The van der Waals surface area contributed by atoms with Gasteiger partial charge in [-0.3, -0.25) is 14.8 Å². The zero-order valence-electron chi connectivity index (χ0n) is 31.4. The minimum Gasteiger partial charge on any atom is -0.444 e. The molecule has 2 aliphatic heterocycles. The Hall–Kier alpha value is -5.52. The summed E-state index contributed by atoms with van der Waals surface area (Å²) < 4.78 is 11.5. The molecule has 2 saturated carbocycles. The minimum absolute atomic E-state index is 0.118. The molecule has 6 aromatic rings. The first-order valence-corrected chi connectivity index (χ1v) is 19.0. The van der Waals surface area contributed by atoms with Crippen molar-refractivity contribution in [1.82, 2.24) is 39.7 Å². The van der Waals surface area contributed by atoms with Gasteiger partial charge in [0.1, 0.15) is 22.9 Å². The summed E-state index contributed by atoms with van der Waals surface area (Å²) in [5.74, 6) is 2.61. The summed E-state index contributed by atoms with van der Waals surface area (Å²) in [4.78, 5) is 56.7. The van der Waals surface area contributed by atoms with E-state index in [0.717, 1.165) is 92.8 Å². The lowest BCUT2D eigenvalue weighted by Crippen LogP contribution is -2.38. The molecule has 12 heteroatoms. The van der Waals surface area contributed by atoms with Gasteiger partial charge in [-0.2, -0.15) is 0 Å². The lowest BCUT2D eigenvalue weighted by atomic mass is 10.0. The van der Waals surface area contributed by atoms with Gasteiger partial charge >= 0.3 is 12.2 Å². The molecule has 6 atom stereocenters. The fourth-order valence-corrected chi connectivity index (χ4v) is 8.60. The van der Waals surface area contributed by atoms with Gasteiger partial charge in [0.25, 0.3) is 0 Å². The fraction of sp³-hybridized carbons (Fsp3) is 0.429. The molecule has 2 amide bonds. The first-order valence-electron chi connectivity index (χ1n) is 19.0. The monoisotopic (exact) mass is 724 g/mol. The Morgan fingerprint density at radius 1 is 0.611 bits per heavy atom. The highest BCUT2D eigenvalue weighted by atomic mass is 16.6. The number of ether oxygens (including phenoxy) is 2. The van der Waals surface area contributed by atoms with E-state index in [1.807, 2.05) is 81.8 Å². The number of nitrogens with one attached hydrogen (secondary N) is 2. The normalized spacial score (nSPS) is 24.6. The SMILES string of the molecule is CC(C)(C)OC(=O)N1C2CC2C[C@H]1c1nc2ccc(-c3cnc4cc(-c5ccc6nc([C@@H]7C[C@H]8CC8N7C(=O)OC(C)(C)C)[nH]c6c5)ccc4n3)cc2[nH]1. The predicted octanol–water partition coefficient (Wildman–Crippen LogP) is 8.86. The quantitative estimate of drug-likeness (QED) is 0.184. The maximum atomic E-state index is 13.1. The molecule has 3 aromatic carbocycles. The molecule has 2 N–H and O–H groups in total. The highest BCUT2D eigenvalue weighted by Gasteiger charge is 2.57. The van der Waals surface area contributed by atoms with Crippen LogP contribution in [0.15, 0.2) is 60.8 Å². The van der Waals surface area contributed by atoms with Crippen molar-refractivity contribution in [3.63, 3.8) is 0 Å². The van der Waals surface area contributed by atoms with Crippen molar-refractivity contribution in [2.24, 2.45) is 11.8 Å². The van der Waals surface area contributed by atoms with Crippen molar-refractivity contribution in [3.8, 4) is 22.4 Å². The van der Waals surface area contributed by atoms with E-state index < -0.39 is 11.2 Å². The van der Waals surface area contributed by atoms with Crippen LogP contribution in [0.25, 0.3) is 55.5 Å². The summed E-state index contributed by atoms with van der Waals surface area (Å²) in [6.45, 7) is 11.4. The van der Waals surface area contributed by atoms with E-state index in [0.29, 0.717) is 11.8 Å². The van der Waals surface area contributed by atoms with Crippen LogP contribution >= 0.6 is 0 Å². The van der Waals surface area contributed by atoms with E-state index in [2.05, 4.69) is 40.3 Å². The van der Waals surface area contributed by atoms with Crippen LogP contribution in [0.4, 0.5) is 9.59 Å². The van der Waals surface area contributed by atoms with Gasteiger partial charge in [0.15, 0.2) is 0 Å². The van der Waals surface area contributed by atoms with E-state index in [9.17, 15) is 9.59 Å². The van der Waals surface area contributed by atoms with E-state index in [1.54, 1.807) is 0 Å². The van der Waals surface area contributed by atoms with E-state index in [4.69, 9.17) is 29.4 Å². The molecule has 3 unspecified atom stereocenters. The minimum atomic E-state index is -0.552. The molecule has 276 valence electrons. The largest absolute Gasteiger partial charge is 0.444 e. The Morgan fingerprint density at radius 2 is 1.09 bits per heavy atom. The number of piperidine rings is 2. The second-order valence-corrected chi connectivity index (χ2v) is 17.6. The number of amides is 2. The lowest BCUT2D eigenvalue weighted by Gasteiger charge is -2.29. The summed E-state index contributed by atoms with van der Waals surface area (Å²) in [5.41, 5.74) is 7.78. The average Bonchev–Trinajstić information content (AvgIpc) is 3.77. The number of carbonyl (C=O) groups excluding carboxylic acids is 2. The molecule has 12 nitrogen and oxygen atoms in total. The number of aromatic amines is 2. The fourth-order valence-electron chi connectivity index (χ4n) is 8.60. The van der Waals surface area contributed by atoms with Crippen LogP contribution in [-0.2, 0) is 9.47 Å². The third-order valence-electron chi connectivity index (χ3n) is 11.2. The van der Waals surface area contributed by atoms with Gasteiger partial charge < -0.3 is 19.4 Å². The van der Waals surface area contributed by atoms with Gasteiger partial charge in [-0.1, -0.05) is 18.2 Å². The summed E-state index contributed by atoms with van der Waals surface area (Å²) in [7, 11) is 0. The molecule has 2 aliphatic carbocycles. The van der Waals surface area contributed by atoms with Gasteiger partial charge in [-0.05, 0) is 127 Å². The van der Waals surface area contributed by atoms with Crippen molar-refractivity contribution in [2.45, 2.75) is 103 Å². The van der Waals surface area contributed by atoms with Crippen LogP contribution in [0.1, 0.15) is 91.0 Å². The van der Waals surface area contributed by atoms with E-state index in [1.165, 1.54) is 0 Å². The predicted molar refractivity (Wildman–Crippen MR) is 204 cm³/mol. The number of aromatic nitrogens is 6. The van der Waals surface area contributed by atoms with Crippen LogP contribution in [0.3, 0.4) is 0 Å². The molecule has 5 heterocycles. The molecule has 10 rings (SSSR count). The number of hydrogen-bond acceptors (Lipinski definition) is 8. The van der Waals surface area contributed by atoms with Gasteiger partial charge in [0, 0.05) is 17.6 Å². The maximum Gasteiger partial charge on any atom is 0.411 e. The third kappa shape index (κ3) is 5.82. The molecule has 4 aliphatic rings. The smallest absolute Gasteiger partial charge is 0.411 e. The number of carbonyl (C=O) groups is 2. The molecule has 0 spiro atoms. The Morgan fingerprint density at radius 3 is 1.63 bits per heavy atom. The van der Waals surface area contributed by atoms with Gasteiger partial charge in [-0.15, -0.1) is 0 Å². The van der Waals surface area contributed by atoms with Crippen molar-refractivity contribution in [3.05, 3.63) is 72.4 Å². The van der Waals surface area contributed by atoms with E-state index >= 15 is 0 Å². The number of rotatable bonds is 4. The van der Waals surface area contributed by atoms with Gasteiger partial charge in [-0.25, -0.2) is 24.5 Å². The molecule has 3 aromatic heterocycles. The number of fused-ring (bicyclic) bond motifs is 5. The number of hydrogen-bond donors (Lipinski definition) is 2. The molecule has 4 fully saturated rings. The summed E-state index contributed by atoms with van der Waals surface area (Å²) in [5, 5.41) is 0. The average molecular weight is 725 g/mol. The molecule has 0 radical (unpaired) electrons. The van der Waals surface area contributed by atoms with Gasteiger partial charge in [0.05, 0.1) is 57.1 Å². The highest BCUT2D eigenvalue weighted by molar-refractivity contribution is 5.88. The topological polar surface area (TPSA) is 142 Å². The van der Waals surface area contributed by atoms with Crippen molar-refractivity contribution in [1.29, 1.82) is 0 Å². The molecular weight excluding hydrogens is 681 g/mol. The Kier molecular flexibility index (Phi) is 7.04. The van der Waals surface area contributed by atoms with Crippen molar-refractivity contribution < 1.29 is 19.1 Å². The van der Waals surface area contributed by atoms with Gasteiger partial charge in [0.2, 0.25) is 0 Å². The first-order chi connectivity index (χ1) is 25.7. The van der Waals surface area contributed by atoms with Crippen LogP contribution in [0.5, 0.6) is 0 Å². The zero-order chi connectivity index (χ0) is 37.3. The Labute approximate surface area is 312 Å². The summed E-state index contributed by atoms with van der Waals surface area (Å²) in [6.07, 6.45) is 5.13. The van der Waals surface area contributed by atoms with E-state index in [-0.39, 0.29) is 36.4 Å². The number of likely N-dealkylation sites (tertiary alicyclic amines) is 2. The Balaban J connectivity index is 0.884. The molecule has 2 saturated heterocycles. The molecule has 54 heavy (non-hydrogen) atoms. The van der Waals surface area contributed by atoms with Crippen LogP contribution < -0.4 is 0 Å². The van der Waals surface area contributed by atoms with Crippen LogP contribution in [-0.4, -0.2) is 75.2 Å². The zero-order valence-corrected chi connectivity index (χ0v) is 31.4. The highest BCUT2D eigenvalue weighted by Crippen LogP contribution is 2.54. The second-order valence-electron chi connectivity index (χ2n) is 17.6. The van der Waals surface area contributed by atoms with Crippen molar-refractivity contribution >= 4 is 45.3 Å². The summed E-state index contributed by atoms with van der Waals surface area (Å²) >= 11 is 0. The van der Waals surface area contributed by atoms with Crippen LogP contribution in [0.2, 0.25) is 0 Å². The number of benzene rings is 3. The van der Waals surface area contributed by atoms with Crippen LogP contribution in [0, 0.1) is 11.8 Å². The number of H-pyrrole nitrogens is 2. The van der Waals surface area contributed by atoms with Crippen molar-refractivity contribution in [2.75, 3.05) is 0 Å². The second kappa shape index (κ2) is 11.5. The molecule has 0 bridgehead atoms. The number of imidazole rings is 2. The summed E-state index contributed by atoms with van der Waals surface area (Å²) in [6, 6.07) is 18.6. The Bertz CT molecular complexity index is 2340. The number of nitrogens with zero attached hydrogens (tertiary/aromatic N) is 6. The lowest BCUT2D eigenvalue weighted by molar-refractivity contribution is 0.0164. The first kappa shape index (κ1) is 33.1. The maximum absolute atomic E-state index is 13.1. The molecular formula is C42H44N8O4. The third-order valence-corrected chi connectivity index (χ3v) is 11.2. The standard InChI is InChI=1S/C42H44N8O4/c1-41(2,3)53-39(51)49-33-16-24(33)18-35(49)37-45-27-11-8-22(14-30(27)47-37)21-7-10-26-29(13-21)43-20-32(44-26)23-9-12-28-31(15-23)48-38(46-28)36-19-25-17-34(25)50(36)40(52)54-42(4,5)6/h7-15,20,24-25,33-36H,16-19H2,1-6H3,(H,45,47)(H,46,48)/t24-,25?,33?,34?,35+,36+/m1/s1.